The van der Waals surface area contributed by atoms with Gasteiger partial charge in [0, 0.05) is 18.8 Å². The quantitative estimate of drug-likeness (QED) is 0.861. The monoisotopic (exact) mass is 334 g/mol. The zero-order chi connectivity index (χ0) is 16.4. The molecule has 0 atom stereocenters. The summed E-state index contributed by atoms with van der Waals surface area (Å²) in [6.07, 6.45) is 0. The molecule has 7 heteroatoms. The molecule has 0 spiro atoms. The van der Waals surface area contributed by atoms with Crippen molar-refractivity contribution in [2.75, 3.05) is 24.5 Å². The zero-order valence-corrected chi connectivity index (χ0v) is 13.0. The van der Waals surface area contributed by atoms with E-state index in [-0.39, 0.29) is 30.4 Å². The number of rotatable bonds is 3. The second-order valence-corrected chi connectivity index (χ2v) is 7.11. The van der Waals surface area contributed by atoms with Crippen molar-refractivity contribution in [3.8, 4) is 0 Å². The molecule has 5 nitrogen and oxygen atoms in total. The van der Waals surface area contributed by atoms with Crippen LogP contribution in [0.1, 0.15) is 0 Å². The number of carbonyl (C=O) groups is 1. The van der Waals surface area contributed by atoms with Crippen LogP contribution in [0.15, 0.2) is 59.5 Å². The summed E-state index contributed by atoms with van der Waals surface area (Å²) < 4.78 is 39.1. The predicted molar refractivity (Wildman–Crippen MR) is 84.0 cm³/mol. The van der Waals surface area contributed by atoms with Crippen LogP contribution in [0, 0.1) is 5.82 Å². The highest BCUT2D eigenvalue weighted by atomic mass is 32.2. The second kappa shape index (κ2) is 6.10. The number of hydrogen-bond acceptors (Lipinski definition) is 3. The standard InChI is InChI=1S/C16H15FN2O3S/c17-13-6-8-15(9-7-13)23(21,22)18-10-11-19(16(20)12-18)14-4-2-1-3-5-14/h1-9H,10-12H2. The molecule has 0 aromatic heterocycles. The first-order chi connectivity index (χ1) is 11.0. The minimum absolute atomic E-state index is 0.0140. The Labute approximate surface area is 134 Å². The maximum Gasteiger partial charge on any atom is 0.243 e. The lowest BCUT2D eigenvalue weighted by molar-refractivity contribution is -0.119. The summed E-state index contributed by atoms with van der Waals surface area (Å²) in [5, 5.41) is 0. The molecule has 23 heavy (non-hydrogen) atoms. The van der Waals surface area contributed by atoms with E-state index < -0.39 is 15.8 Å². The van der Waals surface area contributed by atoms with Gasteiger partial charge in [0.25, 0.3) is 0 Å². The molecule has 3 rings (SSSR count). The average molecular weight is 334 g/mol. The van der Waals surface area contributed by atoms with E-state index in [9.17, 15) is 17.6 Å². The lowest BCUT2D eigenvalue weighted by Gasteiger charge is -2.33. The molecule has 0 aliphatic carbocycles. The smallest absolute Gasteiger partial charge is 0.243 e. The highest BCUT2D eigenvalue weighted by Gasteiger charge is 2.33. The topological polar surface area (TPSA) is 57.7 Å². The van der Waals surface area contributed by atoms with Gasteiger partial charge < -0.3 is 4.90 Å². The van der Waals surface area contributed by atoms with E-state index in [0.717, 1.165) is 22.1 Å². The van der Waals surface area contributed by atoms with E-state index in [2.05, 4.69) is 0 Å². The molecule has 0 radical (unpaired) electrons. The molecule has 1 amide bonds. The van der Waals surface area contributed by atoms with Crippen LogP contribution in [0.3, 0.4) is 0 Å². The van der Waals surface area contributed by atoms with Gasteiger partial charge in [0.05, 0.1) is 11.4 Å². The van der Waals surface area contributed by atoms with Crippen LogP contribution in [0.5, 0.6) is 0 Å². The maximum atomic E-state index is 12.9. The van der Waals surface area contributed by atoms with E-state index in [4.69, 9.17) is 0 Å². The molecule has 1 fully saturated rings. The van der Waals surface area contributed by atoms with Crippen LogP contribution in [0.25, 0.3) is 0 Å². The minimum atomic E-state index is -3.80. The van der Waals surface area contributed by atoms with Crippen molar-refractivity contribution in [3.63, 3.8) is 0 Å². The van der Waals surface area contributed by atoms with Gasteiger partial charge >= 0.3 is 0 Å². The first-order valence-corrected chi connectivity index (χ1v) is 8.53. The molecule has 0 bridgehead atoms. The third-order valence-corrected chi connectivity index (χ3v) is 5.56. The number of hydrogen-bond donors (Lipinski definition) is 0. The minimum Gasteiger partial charge on any atom is -0.310 e. The summed E-state index contributed by atoms with van der Waals surface area (Å²) in [4.78, 5) is 13.8. The molecule has 1 aliphatic rings. The highest BCUT2D eigenvalue weighted by Crippen LogP contribution is 2.21. The van der Waals surface area contributed by atoms with E-state index in [1.165, 1.54) is 12.1 Å². The zero-order valence-electron chi connectivity index (χ0n) is 12.2. The summed E-state index contributed by atoms with van der Waals surface area (Å²) in [5.74, 6) is -0.790. The van der Waals surface area contributed by atoms with Crippen molar-refractivity contribution in [2.24, 2.45) is 0 Å². The second-order valence-electron chi connectivity index (χ2n) is 5.17. The van der Waals surface area contributed by atoms with Crippen molar-refractivity contribution in [3.05, 3.63) is 60.4 Å². The predicted octanol–water partition coefficient (Wildman–Crippen LogP) is 1.86. The summed E-state index contributed by atoms with van der Waals surface area (Å²) >= 11 is 0. The first kappa shape index (κ1) is 15.6. The number of nitrogens with zero attached hydrogens (tertiary/aromatic N) is 2. The Hall–Kier alpha value is -2.25. The van der Waals surface area contributed by atoms with Gasteiger partial charge in [-0.1, -0.05) is 18.2 Å². The van der Waals surface area contributed by atoms with Crippen LogP contribution >= 0.6 is 0 Å². The number of para-hydroxylation sites is 1. The lowest BCUT2D eigenvalue weighted by atomic mass is 10.2. The van der Waals surface area contributed by atoms with Crippen LogP contribution in [0.2, 0.25) is 0 Å². The number of sulfonamides is 1. The van der Waals surface area contributed by atoms with Crippen LogP contribution < -0.4 is 4.90 Å². The largest absolute Gasteiger partial charge is 0.310 e. The number of halogens is 1. The summed E-state index contributed by atoms with van der Waals surface area (Å²) in [7, 11) is -3.80. The van der Waals surface area contributed by atoms with Crippen LogP contribution in [-0.2, 0) is 14.8 Å². The fourth-order valence-electron chi connectivity index (χ4n) is 2.49. The van der Waals surface area contributed by atoms with Crippen molar-refractivity contribution in [2.45, 2.75) is 4.90 Å². The molecule has 1 aliphatic heterocycles. The number of piperazine rings is 1. The van der Waals surface area contributed by atoms with Gasteiger partial charge in [-0.15, -0.1) is 0 Å². The average Bonchev–Trinajstić information content (AvgIpc) is 2.56. The summed E-state index contributed by atoms with van der Waals surface area (Å²) in [6.45, 7) is 0.248. The molecule has 0 saturated carbocycles. The molecule has 1 heterocycles. The molecule has 0 N–H and O–H groups in total. The van der Waals surface area contributed by atoms with Gasteiger partial charge in [0.2, 0.25) is 15.9 Å². The number of benzene rings is 2. The molecule has 0 unspecified atom stereocenters. The molecular formula is C16H15FN2O3S. The van der Waals surface area contributed by atoms with E-state index in [1.807, 2.05) is 30.3 Å². The number of amides is 1. The van der Waals surface area contributed by atoms with Gasteiger partial charge in [-0.05, 0) is 36.4 Å². The third-order valence-electron chi connectivity index (χ3n) is 3.70. The fraction of sp³-hybridized carbons (Fsp3) is 0.188. The first-order valence-electron chi connectivity index (χ1n) is 7.09. The summed E-state index contributed by atoms with van der Waals surface area (Å²) in [5.41, 5.74) is 0.747. The van der Waals surface area contributed by atoms with E-state index in [0.29, 0.717) is 0 Å². The van der Waals surface area contributed by atoms with Crippen molar-refractivity contribution >= 4 is 21.6 Å². The Morgan fingerprint density at radius 3 is 2.17 bits per heavy atom. The normalized spacial score (nSPS) is 16.6. The SMILES string of the molecule is O=C1CN(S(=O)(=O)c2ccc(F)cc2)CCN1c1ccccc1. The highest BCUT2D eigenvalue weighted by molar-refractivity contribution is 7.89. The molecule has 1 saturated heterocycles. The summed E-state index contributed by atoms with van der Waals surface area (Å²) in [6, 6.07) is 13.7. The Balaban J connectivity index is 1.79. The van der Waals surface area contributed by atoms with Gasteiger partial charge in [-0.3, -0.25) is 4.79 Å². The van der Waals surface area contributed by atoms with Crippen molar-refractivity contribution in [1.29, 1.82) is 0 Å². The Bertz CT molecular complexity index is 807. The fourth-order valence-corrected chi connectivity index (χ4v) is 3.87. The third kappa shape index (κ3) is 3.11. The van der Waals surface area contributed by atoms with Gasteiger partial charge in [-0.2, -0.15) is 4.31 Å². The Kier molecular flexibility index (Phi) is 4.14. The number of anilines is 1. The van der Waals surface area contributed by atoms with Gasteiger partial charge in [0.15, 0.2) is 0 Å². The molecule has 2 aromatic carbocycles. The van der Waals surface area contributed by atoms with E-state index in [1.54, 1.807) is 4.90 Å². The van der Waals surface area contributed by atoms with Crippen LogP contribution in [-0.4, -0.2) is 38.3 Å². The molecule has 2 aromatic rings. The molecular weight excluding hydrogens is 319 g/mol. The molecule has 120 valence electrons. The lowest BCUT2D eigenvalue weighted by Crippen LogP contribution is -2.52. The van der Waals surface area contributed by atoms with Crippen molar-refractivity contribution in [1.82, 2.24) is 4.31 Å². The van der Waals surface area contributed by atoms with Crippen LogP contribution in [0.4, 0.5) is 10.1 Å². The van der Waals surface area contributed by atoms with E-state index >= 15 is 0 Å². The Morgan fingerprint density at radius 1 is 0.913 bits per heavy atom. The van der Waals surface area contributed by atoms with Gasteiger partial charge in [-0.25, -0.2) is 12.8 Å². The maximum absolute atomic E-state index is 12.9. The Morgan fingerprint density at radius 2 is 1.57 bits per heavy atom. The van der Waals surface area contributed by atoms with Gasteiger partial charge in [0.1, 0.15) is 5.82 Å². The number of carbonyl (C=O) groups excluding carboxylic acids is 1. The van der Waals surface area contributed by atoms with Crippen molar-refractivity contribution < 1.29 is 17.6 Å².